The summed E-state index contributed by atoms with van der Waals surface area (Å²) in [6, 6.07) is 13.2. The lowest BCUT2D eigenvalue weighted by Gasteiger charge is -2.24. The normalized spacial score (nSPS) is 17.3. The van der Waals surface area contributed by atoms with Crippen LogP contribution in [0.2, 0.25) is 5.02 Å². The maximum absolute atomic E-state index is 13.0. The van der Waals surface area contributed by atoms with Gasteiger partial charge in [-0.2, -0.15) is 0 Å². The van der Waals surface area contributed by atoms with E-state index in [0.29, 0.717) is 17.3 Å². The standard InChI is InChI=1S/C17H15ClFNO2S/c18-13-3-7-15(8-4-13)22-11-16(21)20-9-10-23-17(20)12-1-5-14(19)6-2-12/h1-8,17H,9-11H2/t17-/m1/s1. The highest BCUT2D eigenvalue weighted by atomic mass is 35.5. The summed E-state index contributed by atoms with van der Waals surface area (Å²) in [6.45, 7) is 0.634. The Morgan fingerprint density at radius 2 is 1.91 bits per heavy atom. The minimum absolute atomic E-state index is 0.0279. The molecule has 1 atom stereocenters. The topological polar surface area (TPSA) is 29.5 Å². The van der Waals surface area contributed by atoms with Crippen LogP contribution in [-0.4, -0.2) is 29.7 Å². The molecule has 0 unspecified atom stereocenters. The van der Waals surface area contributed by atoms with Gasteiger partial charge in [0.1, 0.15) is 16.9 Å². The first-order valence-corrected chi connectivity index (χ1v) is 8.61. The number of hydrogen-bond acceptors (Lipinski definition) is 3. The van der Waals surface area contributed by atoms with Crippen LogP contribution >= 0.6 is 23.4 Å². The molecule has 0 aromatic heterocycles. The van der Waals surface area contributed by atoms with Crippen molar-refractivity contribution < 1.29 is 13.9 Å². The van der Waals surface area contributed by atoms with Gasteiger partial charge in [0.15, 0.2) is 6.61 Å². The molecule has 0 N–H and O–H groups in total. The van der Waals surface area contributed by atoms with Crippen molar-refractivity contribution in [1.82, 2.24) is 4.90 Å². The molecule has 1 saturated heterocycles. The van der Waals surface area contributed by atoms with Crippen LogP contribution in [0.1, 0.15) is 10.9 Å². The van der Waals surface area contributed by atoms with E-state index in [1.807, 2.05) is 0 Å². The number of thioether (sulfide) groups is 1. The number of nitrogens with zero attached hydrogens (tertiary/aromatic N) is 1. The van der Waals surface area contributed by atoms with Gasteiger partial charge in [0, 0.05) is 17.3 Å². The van der Waals surface area contributed by atoms with Gasteiger partial charge in [0.2, 0.25) is 0 Å². The highest BCUT2D eigenvalue weighted by Gasteiger charge is 2.30. The number of ether oxygens (including phenoxy) is 1. The molecule has 23 heavy (non-hydrogen) atoms. The molecule has 1 aliphatic heterocycles. The van der Waals surface area contributed by atoms with Crippen molar-refractivity contribution in [1.29, 1.82) is 0 Å². The van der Waals surface area contributed by atoms with Crippen LogP contribution in [0.4, 0.5) is 4.39 Å². The molecule has 0 saturated carbocycles. The second-order valence-electron chi connectivity index (χ2n) is 5.10. The lowest BCUT2D eigenvalue weighted by molar-refractivity contribution is -0.133. The zero-order chi connectivity index (χ0) is 16.2. The molecule has 1 amide bonds. The Morgan fingerprint density at radius 3 is 2.61 bits per heavy atom. The van der Waals surface area contributed by atoms with Crippen molar-refractivity contribution >= 4 is 29.3 Å². The van der Waals surface area contributed by atoms with E-state index in [1.54, 1.807) is 53.1 Å². The second-order valence-corrected chi connectivity index (χ2v) is 6.73. The fourth-order valence-corrected chi connectivity index (χ4v) is 3.79. The molecule has 120 valence electrons. The molecule has 1 heterocycles. The van der Waals surface area contributed by atoms with Gasteiger partial charge in [-0.1, -0.05) is 23.7 Å². The number of carbonyl (C=O) groups is 1. The Balaban J connectivity index is 1.63. The maximum atomic E-state index is 13.0. The molecule has 3 rings (SSSR count). The quantitative estimate of drug-likeness (QED) is 0.829. The Kier molecular flexibility index (Phi) is 5.08. The minimum atomic E-state index is -0.277. The molecular weight excluding hydrogens is 337 g/mol. The van der Waals surface area contributed by atoms with Gasteiger partial charge < -0.3 is 9.64 Å². The number of carbonyl (C=O) groups excluding carboxylic acids is 1. The molecule has 0 radical (unpaired) electrons. The molecule has 0 spiro atoms. The third kappa shape index (κ3) is 3.98. The summed E-state index contributed by atoms with van der Waals surface area (Å²) in [5, 5.41) is 0.535. The number of rotatable bonds is 4. The van der Waals surface area contributed by atoms with Gasteiger partial charge in [0.25, 0.3) is 5.91 Å². The van der Waals surface area contributed by atoms with E-state index in [2.05, 4.69) is 0 Å². The summed E-state index contributed by atoms with van der Waals surface area (Å²) >= 11 is 7.49. The number of benzene rings is 2. The Labute approximate surface area is 143 Å². The molecule has 1 fully saturated rings. The third-order valence-corrected chi connectivity index (χ3v) is 5.06. The zero-order valence-corrected chi connectivity index (χ0v) is 13.8. The van der Waals surface area contributed by atoms with Crippen LogP contribution in [0.15, 0.2) is 48.5 Å². The van der Waals surface area contributed by atoms with E-state index in [1.165, 1.54) is 12.1 Å². The van der Waals surface area contributed by atoms with Gasteiger partial charge in [-0.15, -0.1) is 11.8 Å². The van der Waals surface area contributed by atoms with Crippen LogP contribution in [0.25, 0.3) is 0 Å². The third-order valence-electron chi connectivity index (χ3n) is 3.54. The average molecular weight is 352 g/mol. The monoisotopic (exact) mass is 351 g/mol. The van der Waals surface area contributed by atoms with Crippen molar-refractivity contribution in [2.75, 3.05) is 18.9 Å². The Bertz CT molecular complexity index is 678. The number of halogens is 2. The number of hydrogen-bond donors (Lipinski definition) is 0. The number of amides is 1. The van der Waals surface area contributed by atoms with Crippen LogP contribution in [0.5, 0.6) is 5.75 Å². The predicted octanol–water partition coefficient (Wildman–Crippen LogP) is 4.13. The largest absolute Gasteiger partial charge is 0.484 e. The van der Waals surface area contributed by atoms with Crippen molar-refractivity contribution in [3.8, 4) is 5.75 Å². The van der Waals surface area contributed by atoms with Crippen molar-refractivity contribution in [3.63, 3.8) is 0 Å². The van der Waals surface area contributed by atoms with E-state index in [-0.39, 0.29) is 23.7 Å². The molecule has 2 aromatic rings. The summed E-state index contributed by atoms with van der Waals surface area (Å²) in [7, 11) is 0. The first-order chi connectivity index (χ1) is 11.1. The van der Waals surface area contributed by atoms with E-state index >= 15 is 0 Å². The van der Waals surface area contributed by atoms with Crippen molar-refractivity contribution in [2.45, 2.75) is 5.37 Å². The van der Waals surface area contributed by atoms with Gasteiger partial charge in [-0.05, 0) is 42.0 Å². The van der Waals surface area contributed by atoms with Gasteiger partial charge in [-0.25, -0.2) is 4.39 Å². The molecule has 6 heteroatoms. The Morgan fingerprint density at radius 1 is 1.22 bits per heavy atom. The summed E-state index contributed by atoms with van der Waals surface area (Å²) in [6.07, 6.45) is 0. The summed E-state index contributed by atoms with van der Waals surface area (Å²) < 4.78 is 18.6. The van der Waals surface area contributed by atoms with E-state index in [9.17, 15) is 9.18 Å². The fourth-order valence-electron chi connectivity index (χ4n) is 2.39. The molecule has 0 bridgehead atoms. The van der Waals surface area contributed by atoms with Crippen LogP contribution in [-0.2, 0) is 4.79 Å². The van der Waals surface area contributed by atoms with Gasteiger partial charge in [-0.3, -0.25) is 4.79 Å². The highest BCUT2D eigenvalue weighted by Crippen LogP contribution is 2.37. The second kappa shape index (κ2) is 7.23. The smallest absolute Gasteiger partial charge is 0.261 e. The fraction of sp³-hybridized carbons (Fsp3) is 0.235. The van der Waals surface area contributed by atoms with Crippen LogP contribution < -0.4 is 4.74 Å². The lowest BCUT2D eigenvalue weighted by Crippen LogP contribution is -2.34. The summed E-state index contributed by atoms with van der Waals surface area (Å²) in [5.41, 5.74) is 0.925. The zero-order valence-electron chi connectivity index (χ0n) is 12.2. The van der Waals surface area contributed by atoms with E-state index in [4.69, 9.17) is 16.3 Å². The van der Waals surface area contributed by atoms with Crippen molar-refractivity contribution in [3.05, 3.63) is 64.9 Å². The van der Waals surface area contributed by atoms with E-state index in [0.717, 1.165) is 11.3 Å². The Hall–Kier alpha value is -1.72. The molecule has 1 aliphatic rings. The van der Waals surface area contributed by atoms with E-state index < -0.39 is 0 Å². The first-order valence-electron chi connectivity index (χ1n) is 7.18. The SMILES string of the molecule is O=C(COc1ccc(Cl)cc1)N1CCS[C@@H]1c1ccc(F)cc1. The molecule has 0 aliphatic carbocycles. The van der Waals surface area contributed by atoms with Crippen LogP contribution in [0.3, 0.4) is 0 Å². The first kappa shape index (κ1) is 16.1. The lowest BCUT2D eigenvalue weighted by atomic mass is 10.2. The molecule has 3 nitrogen and oxygen atoms in total. The highest BCUT2D eigenvalue weighted by molar-refractivity contribution is 7.99. The summed E-state index contributed by atoms with van der Waals surface area (Å²) in [5.74, 6) is 1.10. The summed E-state index contributed by atoms with van der Waals surface area (Å²) in [4.78, 5) is 14.2. The van der Waals surface area contributed by atoms with Crippen molar-refractivity contribution in [2.24, 2.45) is 0 Å². The minimum Gasteiger partial charge on any atom is -0.484 e. The average Bonchev–Trinajstić information content (AvgIpc) is 3.04. The van der Waals surface area contributed by atoms with Crippen LogP contribution in [0, 0.1) is 5.82 Å². The van der Waals surface area contributed by atoms with Gasteiger partial charge >= 0.3 is 0 Å². The molecular formula is C17H15ClFNO2S. The molecule has 2 aromatic carbocycles. The predicted molar refractivity (Wildman–Crippen MR) is 90.3 cm³/mol. The maximum Gasteiger partial charge on any atom is 0.261 e. The van der Waals surface area contributed by atoms with Gasteiger partial charge in [0.05, 0.1) is 0 Å².